The van der Waals surface area contributed by atoms with Gasteiger partial charge in [0.1, 0.15) is 12.4 Å². The maximum absolute atomic E-state index is 11.2. The van der Waals surface area contributed by atoms with E-state index in [9.17, 15) is 4.79 Å². The van der Waals surface area contributed by atoms with Crippen LogP contribution in [0, 0.1) is 6.92 Å². The van der Waals surface area contributed by atoms with Crippen molar-refractivity contribution < 1.29 is 9.53 Å². The summed E-state index contributed by atoms with van der Waals surface area (Å²) in [5.41, 5.74) is 8.87. The molecular weight excluding hydrogens is 274 g/mol. The summed E-state index contributed by atoms with van der Waals surface area (Å²) in [6.07, 6.45) is 0. The van der Waals surface area contributed by atoms with E-state index in [1.165, 1.54) is 0 Å². The molecule has 2 aromatic rings. The SMILES string of the molecule is Cc1cc(C(N)=O)ccc1-c1cccc(OCCCl)c1. The molecular formula is C16H16ClNO2. The third-order valence-corrected chi connectivity index (χ3v) is 3.16. The lowest BCUT2D eigenvalue weighted by Gasteiger charge is -2.10. The van der Waals surface area contributed by atoms with Gasteiger partial charge in [-0.1, -0.05) is 18.2 Å². The summed E-state index contributed by atoms with van der Waals surface area (Å²) < 4.78 is 5.51. The van der Waals surface area contributed by atoms with Crippen LogP contribution in [0.25, 0.3) is 11.1 Å². The lowest BCUT2D eigenvalue weighted by atomic mass is 9.98. The van der Waals surface area contributed by atoms with Crippen molar-refractivity contribution >= 4 is 17.5 Å². The molecule has 0 spiro atoms. The molecule has 0 saturated heterocycles. The van der Waals surface area contributed by atoms with Gasteiger partial charge in [0.05, 0.1) is 5.88 Å². The van der Waals surface area contributed by atoms with E-state index in [1.807, 2.05) is 37.3 Å². The summed E-state index contributed by atoms with van der Waals surface area (Å²) in [6, 6.07) is 13.2. The highest BCUT2D eigenvalue weighted by atomic mass is 35.5. The first kappa shape index (κ1) is 14.4. The average Bonchev–Trinajstić information content (AvgIpc) is 2.45. The number of carbonyl (C=O) groups excluding carboxylic acids is 1. The lowest BCUT2D eigenvalue weighted by Crippen LogP contribution is -2.10. The largest absolute Gasteiger partial charge is 0.492 e. The predicted molar refractivity (Wildman–Crippen MR) is 81.3 cm³/mol. The molecule has 0 atom stereocenters. The number of ether oxygens (including phenoxy) is 1. The van der Waals surface area contributed by atoms with Crippen molar-refractivity contribution in [1.29, 1.82) is 0 Å². The number of nitrogens with two attached hydrogens (primary N) is 1. The van der Waals surface area contributed by atoms with Crippen LogP contribution in [0.3, 0.4) is 0 Å². The second-order valence-electron chi connectivity index (χ2n) is 4.46. The number of hydrogen-bond acceptors (Lipinski definition) is 2. The smallest absolute Gasteiger partial charge is 0.248 e. The van der Waals surface area contributed by atoms with Crippen molar-refractivity contribution in [2.24, 2.45) is 5.73 Å². The maximum atomic E-state index is 11.2. The van der Waals surface area contributed by atoms with E-state index in [-0.39, 0.29) is 0 Å². The van der Waals surface area contributed by atoms with Crippen LogP contribution >= 0.6 is 11.6 Å². The number of aryl methyl sites for hydroxylation is 1. The van der Waals surface area contributed by atoms with Crippen LogP contribution in [0.4, 0.5) is 0 Å². The zero-order valence-electron chi connectivity index (χ0n) is 11.2. The van der Waals surface area contributed by atoms with Crippen LogP contribution < -0.4 is 10.5 Å². The van der Waals surface area contributed by atoms with Crippen LogP contribution in [-0.2, 0) is 0 Å². The molecule has 4 heteroatoms. The standard InChI is InChI=1S/C16H16ClNO2/c1-11-9-13(16(18)19)5-6-15(11)12-3-2-4-14(10-12)20-8-7-17/h2-6,9-10H,7-8H2,1H3,(H2,18,19). The van der Waals surface area contributed by atoms with E-state index in [2.05, 4.69) is 0 Å². The fourth-order valence-electron chi connectivity index (χ4n) is 2.05. The van der Waals surface area contributed by atoms with Gasteiger partial charge in [-0.3, -0.25) is 4.79 Å². The van der Waals surface area contributed by atoms with Crippen LogP contribution in [0.2, 0.25) is 0 Å². The van der Waals surface area contributed by atoms with Gasteiger partial charge in [0.2, 0.25) is 5.91 Å². The zero-order chi connectivity index (χ0) is 14.5. The van der Waals surface area contributed by atoms with Gasteiger partial charge in [0.15, 0.2) is 0 Å². The summed E-state index contributed by atoms with van der Waals surface area (Å²) in [5, 5.41) is 0. The van der Waals surface area contributed by atoms with Gasteiger partial charge in [-0.05, 0) is 47.9 Å². The van der Waals surface area contributed by atoms with Crippen molar-refractivity contribution in [3.05, 3.63) is 53.6 Å². The number of rotatable bonds is 5. The van der Waals surface area contributed by atoms with Crippen molar-refractivity contribution in [3.8, 4) is 16.9 Å². The number of amides is 1. The number of benzene rings is 2. The Morgan fingerprint density at radius 3 is 2.70 bits per heavy atom. The molecule has 0 bridgehead atoms. The third kappa shape index (κ3) is 3.31. The summed E-state index contributed by atoms with van der Waals surface area (Å²) >= 11 is 5.61. The molecule has 104 valence electrons. The van der Waals surface area contributed by atoms with Gasteiger partial charge >= 0.3 is 0 Å². The highest BCUT2D eigenvalue weighted by Gasteiger charge is 2.07. The Bertz CT molecular complexity index is 626. The second kappa shape index (κ2) is 6.44. The predicted octanol–water partition coefficient (Wildman–Crippen LogP) is 3.38. The summed E-state index contributed by atoms with van der Waals surface area (Å²) in [6.45, 7) is 2.43. The molecule has 1 amide bonds. The zero-order valence-corrected chi connectivity index (χ0v) is 12.0. The number of primary amides is 1. The van der Waals surface area contributed by atoms with Crippen LogP contribution in [0.5, 0.6) is 5.75 Å². The molecule has 2 rings (SSSR count). The van der Waals surface area contributed by atoms with E-state index < -0.39 is 5.91 Å². The first-order valence-electron chi connectivity index (χ1n) is 6.31. The number of hydrogen-bond donors (Lipinski definition) is 1. The lowest BCUT2D eigenvalue weighted by molar-refractivity contribution is 0.1000. The fraction of sp³-hybridized carbons (Fsp3) is 0.188. The third-order valence-electron chi connectivity index (χ3n) is 3.00. The van der Waals surface area contributed by atoms with E-state index in [4.69, 9.17) is 22.1 Å². The van der Waals surface area contributed by atoms with Crippen molar-refractivity contribution in [3.63, 3.8) is 0 Å². The summed E-state index contributed by atoms with van der Waals surface area (Å²) in [4.78, 5) is 11.2. The van der Waals surface area contributed by atoms with E-state index in [0.29, 0.717) is 18.1 Å². The second-order valence-corrected chi connectivity index (χ2v) is 4.84. The molecule has 0 saturated carbocycles. The molecule has 0 heterocycles. The monoisotopic (exact) mass is 289 g/mol. The molecule has 0 radical (unpaired) electrons. The molecule has 0 aliphatic carbocycles. The van der Waals surface area contributed by atoms with Gasteiger partial charge in [-0.25, -0.2) is 0 Å². The number of carbonyl (C=O) groups is 1. The number of halogens is 1. The summed E-state index contributed by atoms with van der Waals surface area (Å²) in [7, 11) is 0. The molecule has 20 heavy (non-hydrogen) atoms. The van der Waals surface area contributed by atoms with E-state index in [1.54, 1.807) is 12.1 Å². The average molecular weight is 290 g/mol. The first-order valence-corrected chi connectivity index (χ1v) is 6.85. The topological polar surface area (TPSA) is 52.3 Å². The highest BCUT2D eigenvalue weighted by Crippen LogP contribution is 2.27. The molecule has 2 aromatic carbocycles. The summed E-state index contributed by atoms with van der Waals surface area (Å²) in [5.74, 6) is 0.816. The normalized spacial score (nSPS) is 10.3. The van der Waals surface area contributed by atoms with E-state index >= 15 is 0 Å². The number of alkyl halides is 1. The molecule has 2 N–H and O–H groups in total. The van der Waals surface area contributed by atoms with Crippen molar-refractivity contribution in [1.82, 2.24) is 0 Å². The molecule has 0 aliphatic rings. The Balaban J connectivity index is 2.33. The van der Waals surface area contributed by atoms with Gasteiger partial charge in [0.25, 0.3) is 0 Å². The van der Waals surface area contributed by atoms with Crippen LogP contribution in [0.15, 0.2) is 42.5 Å². The van der Waals surface area contributed by atoms with Gasteiger partial charge < -0.3 is 10.5 Å². The Kier molecular flexibility index (Phi) is 4.64. The highest BCUT2D eigenvalue weighted by molar-refractivity contribution is 6.18. The maximum Gasteiger partial charge on any atom is 0.248 e. The first-order chi connectivity index (χ1) is 9.61. The van der Waals surface area contributed by atoms with Gasteiger partial charge in [-0.15, -0.1) is 11.6 Å². The van der Waals surface area contributed by atoms with Gasteiger partial charge in [0, 0.05) is 5.56 Å². The molecule has 0 aromatic heterocycles. The fourth-order valence-corrected chi connectivity index (χ4v) is 2.13. The molecule has 0 unspecified atom stereocenters. The van der Waals surface area contributed by atoms with Gasteiger partial charge in [-0.2, -0.15) is 0 Å². The minimum atomic E-state index is -0.418. The van der Waals surface area contributed by atoms with Crippen molar-refractivity contribution in [2.45, 2.75) is 6.92 Å². The Morgan fingerprint density at radius 2 is 2.05 bits per heavy atom. The Morgan fingerprint density at radius 1 is 1.25 bits per heavy atom. The molecule has 3 nitrogen and oxygen atoms in total. The molecule has 0 aliphatic heterocycles. The minimum Gasteiger partial charge on any atom is -0.492 e. The van der Waals surface area contributed by atoms with Crippen LogP contribution in [-0.4, -0.2) is 18.4 Å². The van der Waals surface area contributed by atoms with E-state index in [0.717, 1.165) is 22.4 Å². The molecule has 0 fully saturated rings. The van der Waals surface area contributed by atoms with Crippen molar-refractivity contribution in [2.75, 3.05) is 12.5 Å². The Hall–Kier alpha value is -2.00. The minimum absolute atomic E-state index is 0.418. The Labute approximate surface area is 123 Å². The quantitative estimate of drug-likeness (QED) is 0.858. The van der Waals surface area contributed by atoms with Crippen LogP contribution in [0.1, 0.15) is 15.9 Å².